The van der Waals surface area contributed by atoms with Gasteiger partial charge in [-0.3, -0.25) is 4.79 Å². The molecule has 5 nitrogen and oxygen atoms in total. The first-order valence-electron chi connectivity index (χ1n) is 6.82. The topological polar surface area (TPSA) is 70.9 Å². The number of aliphatic carboxylic acids is 1. The van der Waals surface area contributed by atoms with Gasteiger partial charge in [0.25, 0.3) is 0 Å². The molecule has 0 amide bonds. The lowest BCUT2D eigenvalue weighted by Gasteiger charge is -2.29. The minimum Gasteiger partial charge on any atom is -0.550 e. The molecule has 0 atom stereocenters. The number of carbonyl (C=O) groups excluding carboxylic acids is 2. The van der Waals surface area contributed by atoms with Crippen molar-refractivity contribution in [2.45, 2.75) is 12.8 Å². The number of carboxylic acids is 1. The lowest BCUT2D eigenvalue weighted by atomic mass is 9.96. The van der Waals surface area contributed by atoms with Crippen LogP contribution in [0.15, 0.2) is 24.3 Å². The average Bonchev–Trinajstić information content (AvgIpc) is 2.47. The Morgan fingerprint density at radius 2 is 1.95 bits per heavy atom. The highest BCUT2D eigenvalue weighted by molar-refractivity contribution is 5.99. The Morgan fingerprint density at radius 1 is 1.30 bits per heavy atom. The SMILES string of the molecule is COc1ccccc1C(=O)C[NH+]1CCC(C(=O)[O-])CC1. The van der Waals surface area contributed by atoms with E-state index in [1.807, 2.05) is 12.1 Å². The van der Waals surface area contributed by atoms with Gasteiger partial charge in [0.2, 0.25) is 5.78 Å². The molecule has 20 heavy (non-hydrogen) atoms. The Labute approximate surface area is 118 Å². The molecule has 1 aliphatic heterocycles. The number of benzene rings is 1. The summed E-state index contributed by atoms with van der Waals surface area (Å²) in [6.07, 6.45) is 1.16. The van der Waals surface area contributed by atoms with E-state index in [0.29, 0.717) is 43.8 Å². The van der Waals surface area contributed by atoms with Gasteiger partial charge in [0.05, 0.1) is 25.8 Å². The molecular formula is C15H19NO4. The summed E-state index contributed by atoms with van der Waals surface area (Å²) in [5, 5.41) is 10.8. The van der Waals surface area contributed by atoms with Crippen LogP contribution in [0.3, 0.4) is 0 Å². The zero-order valence-electron chi connectivity index (χ0n) is 11.6. The van der Waals surface area contributed by atoms with Crippen LogP contribution in [0.1, 0.15) is 23.2 Å². The van der Waals surface area contributed by atoms with Crippen molar-refractivity contribution in [3.05, 3.63) is 29.8 Å². The van der Waals surface area contributed by atoms with Crippen molar-refractivity contribution >= 4 is 11.8 Å². The van der Waals surface area contributed by atoms with Crippen LogP contribution in [-0.2, 0) is 4.79 Å². The number of hydrogen-bond donors (Lipinski definition) is 1. The van der Waals surface area contributed by atoms with Crippen molar-refractivity contribution in [1.29, 1.82) is 0 Å². The van der Waals surface area contributed by atoms with Gasteiger partial charge in [-0.05, 0) is 12.1 Å². The number of quaternary nitrogens is 1. The number of ketones is 1. The Balaban J connectivity index is 1.94. The van der Waals surface area contributed by atoms with Crippen molar-refractivity contribution in [1.82, 2.24) is 0 Å². The first-order chi connectivity index (χ1) is 9.61. The smallest absolute Gasteiger partial charge is 0.220 e. The fourth-order valence-electron chi connectivity index (χ4n) is 2.64. The molecule has 1 aromatic carbocycles. The van der Waals surface area contributed by atoms with E-state index in [-0.39, 0.29) is 11.7 Å². The molecule has 0 aromatic heterocycles. The van der Waals surface area contributed by atoms with E-state index in [1.165, 1.54) is 0 Å². The molecule has 108 valence electrons. The molecule has 0 unspecified atom stereocenters. The van der Waals surface area contributed by atoms with Gasteiger partial charge in [0, 0.05) is 24.7 Å². The number of para-hydroxylation sites is 1. The molecule has 1 saturated heterocycles. The van der Waals surface area contributed by atoms with E-state index >= 15 is 0 Å². The van der Waals surface area contributed by atoms with Crippen LogP contribution in [0.5, 0.6) is 5.75 Å². The molecule has 5 heteroatoms. The predicted molar refractivity (Wildman–Crippen MR) is 70.6 cm³/mol. The van der Waals surface area contributed by atoms with Gasteiger partial charge in [-0.15, -0.1) is 0 Å². The summed E-state index contributed by atoms with van der Waals surface area (Å²) in [6, 6.07) is 7.17. The molecule has 1 heterocycles. The van der Waals surface area contributed by atoms with Crippen molar-refractivity contribution in [3.63, 3.8) is 0 Å². The summed E-state index contributed by atoms with van der Waals surface area (Å²) in [7, 11) is 1.55. The van der Waals surface area contributed by atoms with Crippen LogP contribution >= 0.6 is 0 Å². The molecule has 0 radical (unpaired) electrons. The molecule has 1 aliphatic rings. The zero-order chi connectivity index (χ0) is 14.5. The molecule has 2 rings (SSSR count). The maximum Gasteiger partial charge on any atom is 0.220 e. The highest BCUT2D eigenvalue weighted by atomic mass is 16.5. The van der Waals surface area contributed by atoms with Crippen LogP contribution in [0.25, 0.3) is 0 Å². The highest BCUT2D eigenvalue weighted by Crippen LogP contribution is 2.17. The monoisotopic (exact) mass is 277 g/mol. The molecule has 1 aromatic rings. The first kappa shape index (κ1) is 14.5. The Kier molecular flexibility index (Phi) is 4.74. The Morgan fingerprint density at radius 3 is 2.55 bits per heavy atom. The number of piperidine rings is 1. The number of ether oxygens (including phenoxy) is 1. The highest BCUT2D eigenvalue weighted by Gasteiger charge is 2.25. The van der Waals surface area contributed by atoms with Crippen molar-refractivity contribution in [3.8, 4) is 5.75 Å². The third-order valence-electron chi connectivity index (χ3n) is 3.84. The van der Waals surface area contributed by atoms with E-state index in [1.54, 1.807) is 19.2 Å². The molecule has 0 aliphatic carbocycles. The number of carboxylic acid groups (broad SMARTS) is 1. The third-order valence-corrected chi connectivity index (χ3v) is 3.84. The van der Waals surface area contributed by atoms with Crippen molar-refractivity contribution in [2.75, 3.05) is 26.7 Å². The van der Waals surface area contributed by atoms with Gasteiger partial charge in [-0.2, -0.15) is 0 Å². The zero-order valence-corrected chi connectivity index (χ0v) is 11.6. The number of hydrogen-bond acceptors (Lipinski definition) is 4. The minimum atomic E-state index is -0.972. The second-order valence-electron chi connectivity index (χ2n) is 5.14. The van der Waals surface area contributed by atoms with E-state index in [0.717, 1.165) is 4.90 Å². The lowest BCUT2D eigenvalue weighted by molar-refractivity contribution is -0.897. The van der Waals surface area contributed by atoms with Gasteiger partial charge in [-0.25, -0.2) is 0 Å². The van der Waals surface area contributed by atoms with Gasteiger partial charge in [0.1, 0.15) is 12.3 Å². The van der Waals surface area contributed by atoms with Crippen LogP contribution < -0.4 is 14.7 Å². The molecule has 1 N–H and O–H groups in total. The van der Waals surface area contributed by atoms with E-state index < -0.39 is 5.97 Å². The van der Waals surface area contributed by atoms with Crippen molar-refractivity contribution < 1.29 is 24.3 Å². The summed E-state index contributed by atoms with van der Waals surface area (Å²) in [5.41, 5.74) is 0.588. The average molecular weight is 277 g/mol. The summed E-state index contributed by atoms with van der Waals surface area (Å²) >= 11 is 0. The van der Waals surface area contributed by atoms with Crippen LogP contribution in [0, 0.1) is 5.92 Å². The minimum absolute atomic E-state index is 0.0318. The second kappa shape index (κ2) is 6.52. The Bertz CT molecular complexity index is 492. The Hall–Kier alpha value is -1.88. The lowest BCUT2D eigenvalue weighted by Crippen LogP contribution is -3.14. The van der Waals surface area contributed by atoms with Crippen LogP contribution in [-0.4, -0.2) is 38.5 Å². The largest absolute Gasteiger partial charge is 0.550 e. The van der Waals surface area contributed by atoms with Crippen LogP contribution in [0.4, 0.5) is 0 Å². The summed E-state index contributed by atoms with van der Waals surface area (Å²) < 4.78 is 5.19. The summed E-state index contributed by atoms with van der Waals surface area (Å²) in [6.45, 7) is 1.76. The summed E-state index contributed by atoms with van der Waals surface area (Å²) in [5.74, 6) is -0.717. The number of rotatable bonds is 5. The molecule has 0 bridgehead atoms. The predicted octanol–water partition coefficient (Wildman–Crippen LogP) is -1.08. The van der Waals surface area contributed by atoms with Gasteiger partial charge in [-0.1, -0.05) is 12.1 Å². The number of carbonyl (C=O) groups is 2. The molecular weight excluding hydrogens is 258 g/mol. The second-order valence-corrected chi connectivity index (χ2v) is 5.14. The van der Waals surface area contributed by atoms with E-state index in [2.05, 4.69) is 0 Å². The fourth-order valence-corrected chi connectivity index (χ4v) is 2.64. The summed E-state index contributed by atoms with van der Waals surface area (Å²) in [4.78, 5) is 24.2. The molecule has 0 spiro atoms. The normalized spacial score (nSPS) is 22.2. The fraction of sp³-hybridized carbons (Fsp3) is 0.467. The number of methoxy groups -OCH3 is 1. The van der Waals surface area contributed by atoms with E-state index in [4.69, 9.17) is 4.74 Å². The quantitative estimate of drug-likeness (QED) is 0.695. The standard InChI is InChI=1S/C15H19NO4/c1-20-14-5-3-2-4-12(14)13(17)10-16-8-6-11(7-9-16)15(18)19/h2-5,11H,6-10H2,1H3,(H,18,19). The van der Waals surface area contributed by atoms with Gasteiger partial charge in [0.15, 0.2) is 0 Å². The van der Waals surface area contributed by atoms with Crippen molar-refractivity contribution in [2.24, 2.45) is 5.92 Å². The maximum absolute atomic E-state index is 12.3. The number of nitrogens with one attached hydrogen (secondary N) is 1. The number of likely N-dealkylation sites (tertiary alicyclic amines) is 1. The molecule has 0 saturated carbocycles. The first-order valence-corrected chi connectivity index (χ1v) is 6.82. The van der Waals surface area contributed by atoms with Gasteiger partial charge < -0.3 is 19.5 Å². The number of Topliss-reactive ketones (excluding diaryl/α,β-unsaturated/α-hetero) is 1. The third kappa shape index (κ3) is 3.36. The van der Waals surface area contributed by atoms with Crippen LogP contribution in [0.2, 0.25) is 0 Å². The molecule has 1 fully saturated rings. The van der Waals surface area contributed by atoms with Gasteiger partial charge >= 0.3 is 0 Å². The maximum atomic E-state index is 12.3. The van der Waals surface area contributed by atoms with E-state index in [9.17, 15) is 14.7 Å².